The molecular weight excluding hydrogens is 265 g/mol. The Balaban J connectivity index is 3.25. The van der Waals surface area contributed by atoms with Crippen LogP contribution in [0.2, 0.25) is 0 Å². The average Bonchev–Trinajstić information content (AvgIpc) is 1.84. The lowest BCUT2D eigenvalue weighted by Crippen LogP contribution is -2.20. The molecule has 0 fully saturated rings. The molecule has 0 radical (unpaired) electrons. The first-order chi connectivity index (χ1) is 5.52. The molecule has 0 bridgehead atoms. The molecule has 0 heterocycles. The van der Waals surface area contributed by atoms with Crippen LogP contribution in [0.15, 0.2) is 0 Å². The van der Waals surface area contributed by atoms with Crippen LogP contribution in [0.25, 0.3) is 0 Å². The van der Waals surface area contributed by atoms with Gasteiger partial charge in [0.2, 0.25) is 0 Å². The summed E-state index contributed by atoms with van der Waals surface area (Å²) in [5.41, 5.74) is 5.60. The van der Waals surface area contributed by atoms with E-state index in [1.54, 1.807) is 0 Å². The molecule has 0 aliphatic carbocycles. The van der Waals surface area contributed by atoms with E-state index < -0.39 is 0 Å². The van der Waals surface area contributed by atoms with E-state index in [1.807, 2.05) is 6.92 Å². The van der Waals surface area contributed by atoms with Crippen molar-refractivity contribution in [3.63, 3.8) is 0 Å². The molecule has 2 N–H and O–H groups in total. The fraction of sp³-hybridized carbons (Fsp3) is 1.00. The molecule has 0 saturated heterocycles. The van der Waals surface area contributed by atoms with Gasteiger partial charge in [-0.2, -0.15) is 0 Å². The average molecular weight is 285 g/mol. The van der Waals surface area contributed by atoms with Crippen molar-refractivity contribution < 1.29 is 4.74 Å². The minimum Gasteiger partial charge on any atom is -0.378 e. The summed E-state index contributed by atoms with van der Waals surface area (Å²) in [6.45, 7) is 7.12. The monoisotopic (exact) mass is 285 g/mol. The number of hydrogen-bond donors (Lipinski definition) is 1. The largest absolute Gasteiger partial charge is 0.378 e. The molecule has 2 nitrogen and oxygen atoms in total. The smallest absolute Gasteiger partial charge is 0.0556 e. The molecule has 74 valence electrons. The number of alkyl halides is 1. The van der Waals surface area contributed by atoms with E-state index in [0.717, 1.165) is 19.4 Å². The zero-order valence-electron chi connectivity index (χ0n) is 8.22. The highest BCUT2D eigenvalue weighted by Gasteiger charge is 2.05. The van der Waals surface area contributed by atoms with Crippen molar-refractivity contribution in [3.05, 3.63) is 0 Å². The lowest BCUT2D eigenvalue weighted by atomic mass is 10.2. The first-order valence-electron chi connectivity index (χ1n) is 4.53. The number of nitrogens with two attached hydrogens (primary N) is 1. The third-order valence-electron chi connectivity index (χ3n) is 1.63. The van der Waals surface area contributed by atoms with Crippen molar-refractivity contribution in [1.29, 1.82) is 0 Å². The zero-order valence-corrected chi connectivity index (χ0v) is 10.4. The maximum Gasteiger partial charge on any atom is 0.0556 e. The molecule has 0 aromatic rings. The maximum absolute atomic E-state index is 5.60. The SMILES string of the molecule is CC(N)CCOC(C)CC(C)I. The number of rotatable bonds is 6. The Hall–Kier alpha value is 0.650. The molecule has 3 heteroatoms. The van der Waals surface area contributed by atoms with Gasteiger partial charge in [-0.3, -0.25) is 0 Å². The molecule has 12 heavy (non-hydrogen) atoms. The van der Waals surface area contributed by atoms with Gasteiger partial charge in [-0.25, -0.2) is 0 Å². The van der Waals surface area contributed by atoms with Gasteiger partial charge in [0.25, 0.3) is 0 Å². The molecule has 0 aromatic heterocycles. The number of ether oxygens (including phenoxy) is 1. The Morgan fingerprint density at radius 2 is 1.92 bits per heavy atom. The predicted octanol–water partition coefficient (Wildman–Crippen LogP) is 2.34. The Morgan fingerprint density at radius 1 is 1.33 bits per heavy atom. The number of hydrogen-bond acceptors (Lipinski definition) is 2. The standard InChI is InChI=1S/C9H20INO/c1-7(10)6-9(3)12-5-4-8(2)11/h7-9H,4-6,11H2,1-3H3. The normalized spacial score (nSPS) is 18.8. The van der Waals surface area contributed by atoms with Crippen molar-refractivity contribution >= 4 is 22.6 Å². The summed E-state index contributed by atoms with van der Waals surface area (Å²) in [5.74, 6) is 0. The predicted molar refractivity (Wildman–Crippen MR) is 61.8 cm³/mol. The van der Waals surface area contributed by atoms with Crippen LogP contribution in [0.4, 0.5) is 0 Å². The van der Waals surface area contributed by atoms with Crippen LogP contribution in [-0.2, 0) is 4.74 Å². The molecule has 3 atom stereocenters. The van der Waals surface area contributed by atoms with Crippen molar-refractivity contribution in [2.24, 2.45) is 5.73 Å². The van der Waals surface area contributed by atoms with Gasteiger partial charge in [-0.1, -0.05) is 29.5 Å². The van der Waals surface area contributed by atoms with Gasteiger partial charge in [0.1, 0.15) is 0 Å². The van der Waals surface area contributed by atoms with Crippen LogP contribution in [0, 0.1) is 0 Å². The lowest BCUT2D eigenvalue weighted by molar-refractivity contribution is 0.0576. The fourth-order valence-electron chi connectivity index (χ4n) is 0.981. The lowest BCUT2D eigenvalue weighted by Gasteiger charge is -2.14. The van der Waals surface area contributed by atoms with Gasteiger partial charge in [0.15, 0.2) is 0 Å². The topological polar surface area (TPSA) is 35.2 Å². The highest BCUT2D eigenvalue weighted by Crippen LogP contribution is 2.10. The van der Waals surface area contributed by atoms with Crippen LogP contribution < -0.4 is 5.73 Å². The number of halogens is 1. The summed E-state index contributed by atoms with van der Waals surface area (Å²) in [4.78, 5) is 0. The second-order valence-corrected chi connectivity index (χ2v) is 5.59. The quantitative estimate of drug-likeness (QED) is 0.600. The summed E-state index contributed by atoms with van der Waals surface area (Å²) >= 11 is 2.42. The third-order valence-corrected chi connectivity index (χ3v) is 2.14. The van der Waals surface area contributed by atoms with Crippen molar-refractivity contribution in [1.82, 2.24) is 0 Å². The first kappa shape index (κ1) is 12.7. The third kappa shape index (κ3) is 8.74. The summed E-state index contributed by atoms with van der Waals surface area (Å²) in [6, 6.07) is 0.259. The molecule has 0 spiro atoms. The van der Waals surface area contributed by atoms with Gasteiger partial charge in [0.05, 0.1) is 6.10 Å². The summed E-state index contributed by atoms with van der Waals surface area (Å²) in [5, 5.41) is 0. The molecule has 0 aliphatic rings. The van der Waals surface area contributed by atoms with E-state index in [4.69, 9.17) is 10.5 Å². The van der Waals surface area contributed by atoms with Gasteiger partial charge in [-0.15, -0.1) is 0 Å². The van der Waals surface area contributed by atoms with Crippen molar-refractivity contribution in [2.45, 2.75) is 49.7 Å². The van der Waals surface area contributed by atoms with Crippen LogP contribution in [-0.4, -0.2) is 22.7 Å². The minimum absolute atomic E-state index is 0.259. The van der Waals surface area contributed by atoms with Crippen molar-refractivity contribution in [2.75, 3.05) is 6.61 Å². The summed E-state index contributed by atoms with van der Waals surface area (Å²) in [7, 11) is 0. The second kappa shape index (κ2) is 7.09. The van der Waals surface area contributed by atoms with E-state index in [0.29, 0.717) is 10.0 Å². The van der Waals surface area contributed by atoms with Crippen LogP contribution in [0.3, 0.4) is 0 Å². The maximum atomic E-state index is 5.60. The Morgan fingerprint density at radius 3 is 2.33 bits per heavy atom. The Labute approximate surface area is 89.4 Å². The van der Waals surface area contributed by atoms with E-state index >= 15 is 0 Å². The fourth-order valence-corrected chi connectivity index (χ4v) is 1.70. The van der Waals surface area contributed by atoms with Crippen LogP contribution in [0.5, 0.6) is 0 Å². The van der Waals surface area contributed by atoms with E-state index in [-0.39, 0.29) is 6.04 Å². The molecule has 3 unspecified atom stereocenters. The zero-order chi connectivity index (χ0) is 9.56. The molecular formula is C9H20INO. The highest BCUT2D eigenvalue weighted by molar-refractivity contribution is 14.1. The molecule has 0 rings (SSSR count). The van der Waals surface area contributed by atoms with E-state index in [2.05, 4.69) is 36.4 Å². The van der Waals surface area contributed by atoms with Crippen molar-refractivity contribution in [3.8, 4) is 0 Å². The molecule has 0 amide bonds. The van der Waals surface area contributed by atoms with Gasteiger partial charge in [0, 0.05) is 16.6 Å². The second-order valence-electron chi connectivity index (χ2n) is 3.46. The molecule has 0 aliphatic heterocycles. The van der Waals surface area contributed by atoms with E-state index in [1.165, 1.54) is 0 Å². The van der Waals surface area contributed by atoms with Gasteiger partial charge < -0.3 is 10.5 Å². The van der Waals surface area contributed by atoms with Gasteiger partial charge >= 0.3 is 0 Å². The minimum atomic E-state index is 0.259. The Bertz CT molecular complexity index is 107. The van der Waals surface area contributed by atoms with Gasteiger partial charge in [-0.05, 0) is 26.7 Å². The van der Waals surface area contributed by atoms with Crippen LogP contribution >= 0.6 is 22.6 Å². The van der Waals surface area contributed by atoms with Crippen LogP contribution in [0.1, 0.15) is 33.6 Å². The summed E-state index contributed by atoms with van der Waals surface area (Å²) < 4.78 is 6.27. The first-order valence-corrected chi connectivity index (χ1v) is 5.78. The van der Waals surface area contributed by atoms with E-state index in [9.17, 15) is 0 Å². The molecule has 0 saturated carbocycles. The molecule has 0 aromatic carbocycles. The Kier molecular flexibility index (Phi) is 7.48. The highest BCUT2D eigenvalue weighted by atomic mass is 127. The summed E-state index contributed by atoms with van der Waals surface area (Å²) in [6.07, 6.45) is 2.45.